The van der Waals surface area contributed by atoms with Gasteiger partial charge in [-0.15, -0.1) is 4.40 Å². The van der Waals surface area contributed by atoms with Crippen molar-refractivity contribution in [2.75, 3.05) is 23.1 Å². The van der Waals surface area contributed by atoms with Crippen LogP contribution in [0.25, 0.3) is 11.3 Å². The van der Waals surface area contributed by atoms with Crippen LogP contribution in [-0.2, 0) is 4.79 Å². The van der Waals surface area contributed by atoms with Crippen molar-refractivity contribution < 1.29 is 18.3 Å². The average Bonchev–Trinajstić information content (AvgIpc) is 2.94. The van der Waals surface area contributed by atoms with Gasteiger partial charge in [-0.25, -0.2) is 14.4 Å². The minimum Gasteiger partial charge on any atom is -0.384 e. The van der Waals surface area contributed by atoms with Crippen LogP contribution in [0.3, 0.4) is 0 Å². The van der Waals surface area contributed by atoms with E-state index in [2.05, 4.69) is 16.0 Å². The number of hydrogen-bond acceptors (Lipinski definition) is 9. The molecule has 0 spiro atoms. The summed E-state index contributed by atoms with van der Waals surface area (Å²) >= 11 is 6.79. The smallest absolute Gasteiger partial charge is 0.246 e. The number of benzene rings is 1. The Morgan fingerprint density at radius 2 is 1.86 bits per heavy atom. The molecule has 0 radical (unpaired) electrons. The van der Waals surface area contributed by atoms with Gasteiger partial charge in [-0.1, -0.05) is 44.2 Å². The number of aryl methyl sites for hydroxylation is 1. The number of nitrogen functional groups attached to an aromatic ring is 1. The zero-order chi connectivity index (χ0) is 31.4. The van der Waals surface area contributed by atoms with Crippen molar-refractivity contribution in [1.29, 1.82) is 0 Å². The topological polar surface area (TPSA) is 131 Å². The normalized spacial score (nSPS) is 20.5. The summed E-state index contributed by atoms with van der Waals surface area (Å²) in [6, 6.07) is 8.88. The Morgan fingerprint density at radius 1 is 1.16 bits per heavy atom. The number of hydrogen-bond donors (Lipinski definition) is 3. The highest BCUT2D eigenvalue weighted by Crippen LogP contribution is 2.59. The van der Waals surface area contributed by atoms with Gasteiger partial charge in [0.25, 0.3) is 0 Å². The van der Waals surface area contributed by atoms with Gasteiger partial charge < -0.3 is 15.5 Å². The average molecular weight is 628 g/mol. The number of carbonyl (C=O) groups excluding carboxylic acids is 1. The molecule has 10 nitrogen and oxygen atoms in total. The third-order valence-electron chi connectivity index (χ3n) is 7.67. The molecule has 13 heteroatoms. The molecule has 1 fully saturated rings. The van der Waals surface area contributed by atoms with Crippen LogP contribution in [0.15, 0.2) is 53.5 Å². The van der Waals surface area contributed by atoms with E-state index in [0.717, 1.165) is 0 Å². The molecular weight excluding hydrogens is 593 g/mol. The molecule has 0 unspecified atom stereocenters. The van der Waals surface area contributed by atoms with Crippen LogP contribution in [0, 0.1) is 12.7 Å². The van der Waals surface area contributed by atoms with E-state index in [0.29, 0.717) is 35.6 Å². The first-order valence-electron chi connectivity index (χ1n) is 13.9. The Bertz CT molecular complexity index is 1650. The number of pyridine rings is 2. The molecule has 2 atom stereocenters. The summed E-state index contributed by atoms with van der Waals surface area (Å²) in [4.78, 5) is 25.5. The summed E-state index contributed by atoms with van der Waals surface area (Å²) in [5, 5.41) is 0.160. The molecule has 0 saturated carbocycles. The van der Waals surface area contributed by atoms with Gasteiger partial charge >= 0.3 is 0 Å². The highest BCUT2D eigenvalue weighted by Gasteiger charge is 2.43. The van der Waals surface area contributed by atoms with Crippen LogP contribution in [-0.4, -0.2) is 65.8 Å². The standard InChI is InChI=1S/C30H35ClFN7O3S/c1-7-25(40)37-14-19(6)38(15-18(37)5)30-21-13-22(31)27(20-10-8-9-11-23(20)32)35-29(21)39(43(41,42)36-30)28-17(4)12-24(33)34-26(28)16(2)3/h7-13,16,18-19,41-42H,1,14-15H2,2-6H3,(H2,33,34)/t18-,19+/m1/s1. The molecule has 2 aliphatic rings. The monoisotopic (exact) mass is 627 g/mol. The van der Waals surface area contributed by atoms with Crippen molar-refractivity contribution in [2.24, 2.45) is 4.40 Å². The quantitative estimate of drug-likeness (QED) is 0.278. The summed E-state index contributed by atoms with van der Waals surface area (Å²) in [6.07, 6.45) is 1.28. The van der Waals surface area contributed by atoms with Gasteiger partial charge in [0, 0.05) is 30.7 Å². The number of nitrogens with zero attached hydrogens (tertiary/aromatic N) is 6. The number of aromatic nitrogens is 2. The summed E-state index contributed by atoms with van der Waals surface area (Å²) < 4.78 is 44.5. The third kappa shape index (κ3) is 5.44. The van der Waals surface area contributed by atoms with Crippen molar-refractivity contribution in [3.05, 3.63) is 76.7 Å². The molecule has 2 aliphatic heterocycles. The zero-order valence-electron chi connectivity index (χ0n) is 24.6. The van der Waals surface area contributed by atoms with E-state index in [1.165, 1.54) is 16.4 Å². The Balaban J connectivity index is 1.77. The maximum atomic E-state index is 15.0. The molecule has 0 bridgehead atoms. The van der Waals surface area contributed by atoms with Gasteiger partial charge in [0.2, 0.25) is 5.91 Å². The van der Waals surface area contributed by atoms with E-state index >= 15 is 4.39 Å². The number of fused-ring (bicyclic) bond motifs is 1. The van der Waals surface area contributed by atoms with Gasteiger partial charge in [-0.2, -0.15) is 4.31 Å². The predicted molar refractivity (Wildman–Crippen MR) is 171 cm³/mol. The second-order valence-corrected chi connectivity index (χ2v) is 13.1. The molecule has 1 amide bonds. The largest absolute Gasteiger partial charge is 0.384 e. The third-order valence-corrected chi connectivity index (χ3v) is 9.22. The lowest BCUT2D eigenvalue weighted by molar-refractivity contribution is -0.130. The Morgan fingerprint density at radius 3 is 2.51 bits per heavy atom. The van der Waals surface area contributed by atoms with Crippen molar-refractivity contribution >= 4 is 51.6 Å². The number of amidine groups is 1. The minimum absolute atomic E-state index is 0.133. The van der Waals surface area contributed by atoms with Crippen LogP contribution >= 0.6 is 22.6 Å². The lowest BCUT2D eigenvalue weighted by Crippen LogP contribution is -2.59. The molecule has 4 N–H and O–H groups in total. The lowest BCUT2D eigenvalue weighted by Gasteiger charge is -2.49. The first kappa shape index (κ1) is 30.7. The molecule has 3 aromatic rings. The van der Waals surface area contributed by atoms with Crippen molar-refractivity contribution in [1.82, 2.24) is 19.8 Å². The summed E-state index contributed by atoms with van der Waals surface area (Å²) in [5.41, 5.74) is 8.35. The second-order valence-electron chi connectivity index (χ2n) is 11.2. The molecule has 1 aromatic carbocycles. The maximum absolute atomic E-state index is 15.0. The fourth-order valence-corrected chi connectivity index (χ4v) is 7.25. The van der Waals surface area contributed by atoms with Crippen LogP contribution in [0.5, 0.6) is 0 Å². The van der Waals surface area contributed by atoms with Gasteiger partial charge in [0.1, 0.15) is 11.6 Å². The van der Waals surface area contributed by atoms with Crippen molar-refractivity contribution in [2.45, 2.75) is 52.6 Å². The first-order chi connectivity index (χ1) is 20.2. The molecular formula is C30H35ClFN7O3S. The van der Waals surface area contributed by atoms with Crippen LogP contribution < -0.4 is 10.0 Å². The SMILES string of the molecule is C=CC(=O)N1C[C@H](C)N(C2=NS(O)(O)N(c3c(C)cc(N)nc3C(C)C)c3nc(-c4ccccc4F)c(Cl)cc32)C[C@H]1C. The van der Waals surface area contributed by atoms with Crippen LogP contribution in [0.4, 0.5) is 21.7 Å². The van der Waals surface area contributed by atoms with E-state index in [1.807, 2.05) is 32.6 Å². The maximum Gasteiger partial charge on any atom is 0.246 e. The number of halogens is 2. The predicted octanol–water partition coefficient (Wildman–Crippen LogP) is 6.54. The Labute approximate surface area is 257 Å². The number of carbonyl (C=O) groups is 1. The fraction of sp³-hybridized carbons (Fsp3) is 0.333. The molecule has 1 saturated heterocycles. The minimum atomic E-state index is -3.97. The molecule has 5 rings (SSSR count). The lowest BCUT2D eigenvalue weighted by atomic mass is 10.0. The number of nitrogens with two attached hydrogens (primary N) is 1. The molecule has 2 aromatic heterocycles. The number of piperazine rings is 1. The highest BCUT2D eigenvalue weighted by molar-refractivity contribution is 8.24. The van der Waals surface area contributed by atoms with E-state index < -0.39 is 16.8 Å². The number of amides is 1. The number of rotatable bonds is 4. The molecule has 0 aliphatic carbocycles. The van der Waals surface area contributed by atoms with Gasteiger partial charge in [0.15, 0.2) is 11.7 Å². The van der Waals surface area contributed by atoms with E-state index in [1.54, 1.807) is 42.2 Å². The van der Waals surface area contributed by atoms with Gasteiger partial charge in [-0.3, -0.25) is 13.9 Å². The van der Waals surface area contributed by atoms with E-state index in [9.17, 15) is 13.9 Å². The first-order valence-corrected chi connectivity index (χ1v) is 15.7. The summed E-state index contributed by atoms with van der Waals surface area (Å²) in [6.45, 7) is 13.8. The molecule has 43 heavy (non-hydrogen) atoms. The highest BCUT2D eigenvalue weighted by atomic mass is 35.5. The second kappa shape index (κ2) is 11.4. The Kier molecular flexibility index (Phi) is 8.16. The van der Waals surface area contributed by atoms with Crippen molar-refractivity contribution in [3.8, 4) is 11.3 Å². The Hall–Kier alpha value is -3.71. The number of anilines is 3. The summed E-state index contributed by atoms with van der Waals surface area (Å²) in [5.74, 6) is -0.193. The molecule has 4 heterocycles. The summed E-state index contributed by atoms with van der Waals surface area (Å²) in [7, 11) is -3.97. The van der Waals surface area contributed by atoms with Gasteiger partial charge in [0.05, 0.1) is 27.7 Å². The van der Waals surface area contributed by atoms with Gasteiger partial charge in [-0.05, 0) is 73.6 Å². The molecule has 228 valence electrons. The van der Waals surface area contributed by atoms with Crippen LogP contribution in [0.1, 0.15) is 50.4 Å². The van der Waals surface area contributed by atoms with E-state index in [4.69, 9.17) is 22.3 Å². The van der Waals surface area contributed by atoms with E-state index in [-0.39, 0.29) is 57.7 Å². The van der Waals surface area contributed by atoms with Crippen molar-refractivity contribution in [3.63, 3.8) is 0 Å². The fourth-order valence-electron chi connectivity index (χ4n) is 5.63. The van der Waals surface area contributed by atoms with Crippen LogP contribution in [0.2, 0.25) is 5.02 Å². The zero-order valence-corrected chi connectivity index (χ0v) is 26.2.